The molecule has 2 atom stereocenters. The Bertz CT molecular complexity index is 2370. The third kappa shape index (κ3) is 13.7. The van der Waals surface area contributed by atoms with Crippen LogP contribution in [0.4, 0.5) is 13.2 Å². The number of aromatic nitrogens is 3. The summed E-state index contributed by atoms with van der Waals surface area (Å²) in [6.45, 7) is 8.91. The predicted octanol–water partition coefficient (Wildman–Crippen LogP) is 8.55. The molecule has 2 heterocycles. The molecular formula is C44H44F3N4O10PS. The predicted molar refractivity (Wildman–Crippen MR) is 226 cm³/mol. The average molecular weight is 909 g/mol. The van der Waals surface area contributed by atoms with Crippen molar-refractivity contribution in [1.82, 2.24) is 14.8 Å². The molecule has 1 aliphatic rings. The molecule has 0 radical (unpaired) electrons. The van der Waals surface area contributed by atoms with Crippen molar-refractivity contribution in [2.24, 2.45) is 0 Å². The largest absolute Gasteiger partial charge is 0.475 e. The summed E-state index contributed by atoms with van der Waals surface area (Å²) in [5.41, 5.74) is -1.25. The van der Waals surface area contributed by atoms with E-state index in [0.29, 0.717) is 11.6 Å². The van der Waals surface area contributed by atoms with Gasteiger partial charge in [-0.15, -0.1) is 24.9 Å². The van der Waals surface area contributed by atoms with Gasteiger partial charge in [-0.25, -0.2) is 32.2 Å². The fraction of sp³-hybridized carbons (Fsp3) is 0.295. The molecule has 2 unspecified atom stereocenters. The summed E-state index contributed by atoms with van der Waals surface area (Å²) in [6.07, 6.45) is 10.9. The van der Waals surface area contributed by atoms with Crippen molar-refractivity contribution in [3.63, 3.8) is 0 Å². The lowest BCUT2D eigenvalue weighted by Crippen LogP contribution is -2.47. The van der Waals surface area contributed by atoms with Gasteiger partial charge in [0, 0.05) is 34.9 Å². The van der Waals surface area contributed by atoms with Crippen LogP contribution in [0.5, 0.6) is 0 Å². The van der Waals surface area contributed by atoms with Crippen molar-refractivity contribution in [3.8, 4) is 6.07 Å². The van der Waals surface area contributed by atoms with Crippen LogP contribution in [-0.2, 0) is 67.2 Å². The van der Waals surface area contributed by atoms with Crippen LogP contribution in [0.3, 0.4) is 0 Å². The van der Waals surface area contributed by atoms with Crippen LogP contribution in [0.1, 0.15) is 52.0 Å². The number of allylic oxidation sites excluding steroid dienone is 2. The molecule has 0 amide bonds. The lowest BCUT2D eigenvalue weighted by atomic mass is 9.89. The molecule has 19 heteroatoms. The first kappa shape index (κ1) is 48.4. The second kappa shape index (κ2) is 23.2. The van der Waals surface area contributed by atoms with Gasteiger partial charge in [-0.3, -0.25) is 18.4 Å². The van der Waals surface area contributed by atoms with Crippen LogP contribution < -0.4 is 0 Å². The first-order chi connectivity index (χ1) is 30.3. The van der Waals surface area contributed by atoms with Crippen molar-refractivity contribution in [2.45, 2.75) is 56.0 Å². The van der Waals surface area contributed by atoms with E-state index < -0.39 is 59.6 Å². The van der Waals surface area contributed by atoms with Crippen LogP contribution in [0.2, 0.25) is 0 Å². The second-order valence-electron chi connectivity index (χ2n) is 13.7. The van der Waals surface area contributed by atoms with E-state index in [-0.39, 0.29) is 74.0 Å². The maximum atomic E-state index is 16.2. The van der Waals surface area contributed by atoms with Gasteiger partial charge in [-0.2, -0.15) is 10.4 Å². The van der Waals surface area contributed by atoms with Crippen molar-refractivity contribution >= 4 is 37.6 Å². The van der Waals surface area contributed by atoms with Gasteiger partial charge in [0.05, 0.1) is 62.0 Å². The molecule has 0 spiro atoms. The molecule has 1 aromatic heterocycles. The Hall–Kier alpha value is -5.64. The highest BCUT2D eigenvalue weighted by Gasteiger charge is 2.47. The number of carbonyl (C=O) groups excluding carboxylic acids is 2. The fourth-order valence-corrected chi connectivity index (χ4v) is 8.58. The highest BCUT2D eigenvalue weighted by Crippen LogP contribution is 2.50. The summed E-state index contributed by atoms with van der Waals surface area (Å²) in [6, 6.07) is 13.3. The maximum absolute atomic E-state index is 16.2. The normalized spacial score (nSPS) is 16.9. The number of benzene rings is 3. The molecule has 0 bridgehead atoms. The summed E-state index contributed by atoms with van der Waals surface area (Å²) in [4.78, 5) is 30.6. The van der Waals surface area contributed by atoms with Crippen molar-refractivity contribution < 1.29 is 59.8 Å². The average Bonchev–Trinajstić information content (AvgIpc) is 3.78. The Labute approximate surface area is 366 Å². The van der Waals surface area contributed by atoms with Gasteiger partial charge in [0.25, 0.3) is 0 Å². The Morgan fingerprint density at radius 1 is 1.02 bits per heavy atom. The van der Waals surface area contributed by atoms with Gasteiger partial charge < -0.3 is 18.9 Å². The quantitative estimate of drug-likeness (QED) is 0.0318. The Morgan fingerprint density at radius 2 is 1.76 bits per heavy atom. The molecule has 0 N–H and O–H groups in total. The SMILES string of the molecule is C=CCOP(=O)(OCC=C)OCc1ccc(COC(C)=O)c(C(=O)OC(Cn2cncn2)(c2ccc(F)cc2F)C(C)SC2COC(C=CC=Cc3ccc(C#N)cc3F)OC2)c1. The molecule has 1 aliphatic heterocycles. The number of rotatable bonds is 22. The number of hydrogen-bond acceptors (Lipinski definition) is 14. The lowest BCUT2D eigenvalue weighted by Gasteiger charge is -2.40. The number of nitriles is 1. The van der Waals surface area contributed by atoms with E-state index in [4.69, 9.17) is 37.8 Å². The zero-order chi connectivity index (χ0) is 45.4. The van der Waals surface area contributed by atoms with Gasteiger partial charge in [-0.1, -0.05) is 48.6 Å². The smallest absolute Gasteiger partial charge is 0.461 e. The number of phosphoric ester groups is 1. The van der Waals surface area contributed by atoms with Gasteiger partial charge in [0.2, 0.25) is 0 Å². The fourth-order valence-electron chi connectivity index (χ4n) is 6.11. The van der Waals surface area contributed by atoms with Crippen LogP contribution >= 0.6 is 19.6 Å². The van der Waals surface area contributed by atoms with E-state index >= 15 is 4.39 Å². The summed E-state index contributed by atoms with van der Waals surface area (Å²) < 4.78 is 99.2. The van der Waals surface area contributed by atoms with Crippen molar-refractivity contribution in [2.75, 3.05) is 26.4 Å². The van der Waals surface area contributed by atoms with Crippen molar-refractivity contribution in [3.05, 3.63) is 162 Å². The molecular weight excluding hydrogens is 865 g/mol. The van der Waals surface area contributed by atoms with Crippen LogP contribution in [0.25, 0.3) is 6.08 Å². The molecule has 332 valence electrons. The summed E-state index contributed by atoms with van der Waals surface area (Å²) in [7, 11) is -4.14. The Balaban J connectivity index is 1.43. The third-order valence-corrected chi connectivity index (χ3v) is 12.0. The monoisotopic (exact) mass is 908 g/mol. The minimum absolute atomic E-state index is 0.121. The number of halogens is 3. The van der Waals surface area contributed by atoms with Gasteiger partial charge in [0.15, 0.2) is 11.9 Å². The number of esters is 2. The highest BCUT2D eigenvalue weighted by atomic mass is 32.2. The third-order valence-electron chi connectivity index (χ3n) is 9.17. The molecule has 0 aliphatic carbocycles. The molecule has 1 saturated heterocycles. The number of thioether (sulfide) groups is 1. The Morgan fingerprint density at radius 3 is 2.40 bits per heavy atom. The van der Waals surface area contributed by atoms with Gasteiger partial charge in [-0.05, 0) is 48.9 Å². The number of phosphoric acid groups is 1. The van der Waals surface area contributed by atoms with Crippen LogP contribution in [0, 0.1) is 28.8 Å². The minimum atomic E-state index is -4.14. The summed E-state index contributed by atoms with van der Waals surface area (Å²) in [5, 5.41) is 12.0. The van der Waals surface area contributed by atoms with Gasteiger partial charge in [0.1, 0.15) is 36.7 Å². The highest BCUT2D eigenvalue weighted by molar-refractivity contribution is 8.00. The topological polar surface area (TPSA) is 170 Å². The molecule has 14 nitrogen and oxygen atoms in total. The van der Waals surface area contributed by atoms with Crippen LogP contribution in [0.15, 0.2) is 111 Å². The van der Waals surface area contributed by atoms with E-state index in [1.807, 2.05) is 6.07 Å². The number of hydrogen-bond donors (Lipinski definition) is 0. The Kier molecular flexibility index (Phi) is 17.8. The first-order valence-corrected chi connectivity index (χ1v) is 21.6. The van der Waals surface area contributed by atoms with E-state index in [1.54, 1.807) is 31.2 Å². The zero-order valence-electron chi connectivity index (χ0n) is 34.3. The lowest BCUT2D eigenvalue weighted by molar-refractivity contribution is -0.146. The first-order valence-electron chi connectivity index (χ1n) is 19.2. The maximum Gasteiger partial charge on any atom is 0.475 e. The van der Waals surface area contributed by atoms with Crippen LogP contribution in [-0.4, -0.2) is 69.9 Å². The summed E-state index contributed by atoms with van der Waals surface area (Å²) >= 11 is 1.26. The molecule has 4 aromatic rings. The molecule has 0 saturated carbocycles. The number of ether oxygens (including phenoxy) is 4. The van der Waals surface area contributed by atoms with E-state index in [1.165, 1.54) is 84.6 Å². The number of nitrogens with zero attached hydrogens (tertiary/aromatic N) is 4. The molecule has 5 rings (SSSR count). The van der Waals surface area contributed by atoms with E-state index in [0.717, 1.165) is 12.1 Å². The van der Waals surface area contributed by atoms with Gasteiger partial charge >= 0.3 is 19.8 Å². The molecule has 1 fully saturated rings. The minimum Gasteiger partial charge on any atom is -0.461 e. The standard InChI is InChI=1S/C44H44F3N4O10PS/c1-5-17-58-62(54,59-18-6-2)60-23-33-12-14-35(24-55-31(4)52)38(19-33)43(53)61-44(27-51-29-49-28-50-51,39-16-15-36(45)21-41(39)47)30(3)63-37-25-56-42(57-26-37)10-8-7-9-34-13-11-32(22-48)20-40(34)46/h5-16,19-21,28-30,37,42H,1-2,17-18,23-27H2,3-4H3. The molecule has 3 aromatic carbocycles. The summed E-state index contributed by atoms with van der Waals surface area (Å²) in [5.74, 6) is -4.06. The molecule has 63 heavy (non-hydrogen) atoms. The van der Waals surface area contributed by atoms with E-state index in [9.17, 15) is 22.9 Å². The second-order valence-corrected chi connectivity index (χ2v) is 17.0. The van der Waals surface area contributed by atoms with E-state index in [2.05, 4.69) is 23.2 Å². The van der Waals surface area contributed by atoms with Crippen molar-refractivity contribution in [1.29, 1.82) is 5.26 Å². The number of carbonyl (C=O) groups is 2. The zero-order valence-corrected chi connectivity index (χ0v) is 36.0.